The molecule has 0 saturated carbocycles. The molecule has 1 fully saturated rings. The van der Waals surface area contributed by atoms with Gasteiger partial charge in [0.2, 0.25) is 0 Å². The lowest BCUT2D eigenvalue weighted by atomic mass is 9.78. The number of nitrogens with one attached hydrogen (secondary N) is 1. The molecule has 1 heterocycles. The smallest absolute Gasteiger partial charge is 0.168 e. The number of hydrogen-bond acceptors (Lipinski definition) is 4. The highest BCUT2D eigenvalue weighted by molar-refractivity contribution is 7.72. The number of rotatable bonds is 4. The Hall–Kier alpha value is -1.20. The van der Waals surface area contributed by atoms with Crippen molar-refractivity contribution in [1.29, 1.82) is 0 Å². The molecule has 2 rings (SSSR count). The fraction of sp³-hybridized carbons (Fsp3) is 0.500. The molecule has 0 spiro atoms. The summed E-state index contributed by atoms with van der Waals surface area (Å²) in [6, 6.07) is 6.71. The van der Waals surface area contributed by atoms with Gasteiger partial charge in [0.1, 0.15) is 5.78 Å². The van der Waals surface area contributed by atoms with Crippen LogP contribution in [0, 0.1) is 5.92 Å². The van der Waals surface area contributed by atoms with E-state index >= 15 is 0 Å². The molecule has 1 atom stereocenters. The minimum atomic E-state index is -2.55. The number of Topliss-reactive ketones (excluding diaryl/α,β-unsaturated/α-hetero) is 1. The van der Waals surface area contributed by atoms with Crippen molar-refractivity contribution in [2.24, 2.45) is 5.92 Å². The van der Waals surface area contributed by atoms with E-state index in [0.29, 0.717) is 10.8 Å². The number of ketones is 1. The van der Waals surface area contributed by atoms with Crippen LogP contribution in [0.2, 0.25) is 0 Å². The molecule has 0 aromatic heterocycles. The van der Waals surface area contributed by atoms with Crippen LogP contribution in [0.4, 0.5) is 0 Å². The Kier molecular flexibility index (Phi) is 4.71. The second-order valence-electron chi connectivity index (χ2n) is 5.02. The standard InChI is InChI=1S/C14H19NO3S/c1-10(16)14(12-6-8-15-9-7-12)11-2-4-13(5-3-11)19(17)18/h2-5,12,14-15,19H,6-9H2,1H3. The van der Waals surface area contributed by atoms with Gasteiger partial charge in [-0.15, -0.1) is 0 Å². The van der Waals surface area contributed by atoms with E-state index in [0.717, 1.165) is 31.5 Å². The fourth-order valence-corrected chi connectivity index (χ4v) is 3.21. The molecule has 0 radical (unpaired) electrons. The lowest BCUT2D eigenvalue weighted by Gasteiger charge is -2.29. The van der Waals surface area contributed by atoms with E-state index in [9.17, 15) is 13.2 Å². The highest BCUT2D eigenvalue weighted by Crippen LogP contribution is 2.32. The summed E-state index contributed by atoms with van der Waals surface area (Å²) in [6.45, 7) is 3.51. The number of carbonyl (C=O) groups is 1. The van der Waals surface area contributed by atoms with Crippen molar-refractivity contribution in [2.75, 3.05) is 13.1 Å². The van der Waals surface area contributed by atoms with Crippen molar-refractivity contribution >= 4 is 16.5 Å². The summed E-state index contributed by atoms with van der Waals surface area (Å²) >= 11 is 0. The Morgan fingerprint density at radius 3 is 2.26 bits per heavy atom. The third-order valence-electron chi connectivity index (χ3n) is 3.76. The molecule has 0 amide bonds. The summed E-state index contributed by atoms with van der Waals surface area (Å²) < 4.78 is 21.8. The SMILES string of the molecule is CC(=O)C(c1ccc([SH](=O)=O)cc1)C1CCNCC1. The Morgan fingerprint density at radius 1 is 1.21 bits per heavy atom. The Balaban J connectivity index is 2.25. The Bertz CT molecular complexity index is 508. The third kappa shape index (κ3) is 3.42. The highest BCUT2D eigenvalue weighted by Gasteiger charge is 2.28. The van der Waals surface area contributed by atoms with E-state index in [-0.39, 0.29) is 11.7 Å². The zero-order valence-corrected chi connectivity index (χ0v) is 11.9. The lowest BCUT2D eigenvalue weighted by molar-refractivity contribution is -0.119. The van der Waals surface area contributed by atoms with Crippen LogP contribution in [0.3, 0.4) is 0 Å². The van der Waals surface area contributed by atoms with E-state index in [4.69, 9.17) is 0 Å². The first-order valence-corrected chi connectivity index (χ1v) is 7.73. The molecule has 1 aliphatic rings. The van der Waals surface area contributed by atoms with Gasteiger partial charge < -0.3 is 5.32 Å². The third-order valence-corrected chi connectivity index (χ3v) is 4.48. The van der Waals surface area contributed by atoms with Crippen molar-refractivity contribution < 1.29 is 13.2 Å². The summed E-state index contributed by atoms with van der Waals surface area (Å²) in [4.78, 5) is 12.2. The number of carbonyl (C=O) groups excluding carboxylic acids is 1. The Morgan fingerprint density at radius 2 is 1.79 bits per heavy atom. The second-order valence-corrected chi connectivity index (χ2v) is 6.06. The minimum Gasteiger partial charge on any atom is -0.317 e. The molecular weight excluding hydrogens is 262 g/mol. The summed E-state index contributed by atoms with van der Waals surface area (Å²) in [6.07, 6.45) is 1.98. The van der Waals surface area contributed by atoms with Crippen molar-refractivity contribution in [2.45, 2.75) is 30.6 Å². The van der Waals surface area contributed by atoms with Gasteiger partial charge in [0.15, 0.2) is 10.7 Å². The number of benzene rings is 1. The first-order chi connectivity index (χ1) is 9.09. The van der Waals surface area contributed by atoms with Gasteiger partial charge in [-0.1, -0.05) is 12.1 Å². The van der Waals surface area contributed by atoms with Gasteiger partial charge in [0.05, 0.1) is 4.90 Å². The van der Waals surface area contributed by atoms with Crippen LogP contribution in [0.1, 0.15) is 31.2 Å². The largest absolute Gasteiger partial charge is 0.317 e. The second kappa shape index (κ2) is 6.30. The lowest BCUT2D eigenvalue weighted by Crippen LogP contribution is -2.33. The number of hydrogen-bond donors (Lipinski definition) is 2. The molecular formula is C14H19NO3S. The predicted octanol–water partition coefficient (Wildman–Crippen LogP) is 1.33. The summed E-state index contributed by atoms with van der Waals surface area (Å²) in [5.74, 6) is 0.400. The van der Waals surface area contributed by atoms with Crippen LogP contribution >= 0.6 is 0 Å². The van der Waals surface area contributed by atoms with Crippen molar-refractivity contribution in [1.82, 2.24) is 5.32 Å². The van der Waals surface area contributed by atoms with Crippen molar-refractivity contribution in [3.8, 4) is 0 Å². The number of piperidine rings is 1. The minimum absolute atomic E-state index is 0.110. The van der Waals surface area contributed by atoms with Gasteiger partial charge in [-0.2, -0.15) is 0 Å². The quantitative estimate of drug-likeness (QED) is 0.817. The van der Waals surface area contributed by atoms with Crippen LogP contribution in [-0.4, -0.2) is 27.3 Å². The summed E-state index contributed by atoms with van der Waals surface area (Å²) in [5, 5.41) is 3.29. The topological polar surface area (TPSA) is 63.2 Å². The van der Waals surface area contributed by atoms with Crippen LogP contribution in [-0.2, 0) is 15.5 Å². The molecule has 1 aliphatic heterocycles. The van der Waals surface area contributed by atoms with Gasteiger partial charge in [-0.25, -0.2) is 8.42 Å². The molecule has 1 saturated heterocycles. The molecule has 1 N–H and O–H groups in total. The van der Waals surface area contributed by atoms with E-state index in [1.54, 1.807) is 31.2 Å². The molecule has 4 nitrogen and oxygen atoms in total. The van der Waals surface area contributed by atoms with Crippen molar-refractivity contribution in [3.63, 3.8) is 0 Å². The molecule has 1 aromatic rings. The molecule has 19 heavy (non-hydrogen) atoms. The maximum Gasteiger partial charge on any atom is 0.168 e. The monoisotopic (exact) mass is 281 g/mol. The average molecular weight is 281 g/mol. The maximum absolute atomic E-state index is 11.9. The van der Waals surface area contributed by atoms with E-state index in [1.165, 1.54) is 0 Å². The predicted molar refractivity (Wildman–Crippen MR) is 74.0 cm³/mol. The molecule has 1 unspecified atom stereocenters. The maximum atomic E-state index is 11.9. The van der Waals surface area contributed by atoms with E-state index in [2.05, 4.69) is 5.32 Å². The van der Waals surface area contributed by atoms with Gasteiger partial charge >= 0.3 is 0 Å². The van der Waals surface area contributed by atoms with Gasteiger partial charge in [0, 0.05) is 5.92 Å². The molecule has 0 aliphatic carbocycles. The summed E-state index contributed by atoms with van der Waals surface area (Å²) in [5.41, 5.74) is 0.931. The van der Waals surface area contributed by atoms with E-state index < -0.39 is 10.7 Å². The fourth-order valence-electron chi connectivity index (χ4n) is 2.82. The molecule has 104 valence electrons. The zero-order valence-electron chi connectivity index (χ0n) is 11.0. The van der Waals surface area contributed by atoms with E-state index in [1.807, 2.05) is 0 Å². The Labute approximate surface area is 115 Å². The normalized spacial score (nSPS) is 18.4. The van der Waals surface area contributed by atoms with Gasteiger partial charge in [-0.05, 0) is 56.5 Å². The average Bonchev–Trinajstić information content (AvgIpc) is 2.40. The summed E-state index contributed by atoms with van der Waals surface area (Å²) in [7, 11) is -2.55. The van der Waals surface area contributed by atoms with Gasteiger partial charge in [0.25, 0.3) is 0 Å². The zero-order chi connectivity index (χ0) is 13.8. The van der Waals surface area contributed by atoms with Crippen LogP contribution in [0.5, 0.6) is 0 Å². The number of thiol groups is 1. The van der Waals surface area contributed by atoms with Crippen LogP contribution in [0.25, 0.3) is 0 Å². The van der Waals surface area contributed by atoms with Crippen molar-refractivity contribution in [3.05, 3.63) is 29.8 Å². The highest BCUT2D eigenvalue weighted by atomic mass is 32.2. The first-order valence-electron chi connectivity index (χ1n) is 6.55. The van der Waals surface area contributed by atoms with Gasteiger partial charge in [-0.3, -0.25) is 4.79 Å². The molecule has 0 bridgehead atoms. The van der Waals surface area contributed by atoms with Crippen LogP contribution < -0.4 is 5.32 Å². The first kappa shape index (κ1) is 14.2. The van der Waals surface area contributed by atoms with Crippen LogP contribution in [0.15, 0.2) is 29.2 Å². The molecule has 1 aromatic carbocycles. The molecule has 5 heteroatoms.